The van der Waals surface area contributed by atoms with Gasteiger partial charge < -0.3 is 20.1 Å². The lowest BCUT2D eigenvalue weighted by atomic mass is 10.1. The van der Waals surface area contributed by atoms with Crippen molar-refractivity contribution >= 4 is 17.8 Å². The van der Waals surface area contributed by atoms with Crippen molar-refractivity contribution in [3.8, 4) is 6.07 Å². The minimum Gasteiger partial charge on any atom is -0.453 e. The van der Waals surface area contributed by atoms with Gasteiger partial charge in [-0.15, -0.1) is 0 Å². The summed E-state index contributed by atoms with van der Waals surface area (Å²) in [7, 11) is 1.36. The topological polar surface area (TPSA) is 106 Å². The Kier molecular flexibility index (Phi) is 9.90. The van der Waals surface area contributed by atoms with Crippen molar-refractivity contribution in [2.75, 3.05) is 25.6 Å². The van der Waals surface area contributed by atoms with Gasteiger partial charge in [0.1, 0.15) is 0 Å². The van der Waals surface area contributed by atoms with Crippen molar-refractivity contribution in [1.82, 2.24) is 9.80 Å². The molecule has 0 radical (unpaired) electrons. The maximum Gasteiger partial charge on any atom is 0.410 e. The molecule has 2 rings (SSSR count). The van der Waals surface area contributed by atoms with Crippen LogP contribution < -0.4 is 5.32 Å². The summed E-state index contributed by atoms with van der Waals surface area (Å²) in [6, 6.07) is 16.3. The van der Waals surface area contributed by atoms with E-state index in [-0.39, 0.29) is 12.6 Å². The molecule has 0 heterocycles. The van der Waals surface area contributed by atoms with Crippen LogP contribution in [0.2, 0.25) is 0 Å². The van der Waals surface area contributed by atoms with E-state index >= 15 is 0 Å². The zero-order chi connectivity index (χ0) is 25.1. The van der Waals surface area contributed by atoms with Crippen molar-refractivity contribution in [2.24, 2.45) is 0 Å². The predicted molar refractivity (Wildman–Crippen MR) is 131 cm³/mol. The summed E-state index contributed by atoms with van der Waals surface area (Å²) in [5.41, 5.74) is 2.63. The van der Waals surface area contributed by atoms with Crippen LogP contribution in [-0.4, -0.2) is 52.8 Å². The van der Waals surface area contributed by atoms with Crippen molar-refractivity contribution in [3.05, 3.63) is 65.2 Å². The second-order valence-electron chi connectivity index (χ2n) is 9.02. The van der Waals surface area contributed by atoms with Gasteiger partial charge in [0.15, 0.2) is 0 Å². The number of anilines is 1. The number of methoxy groups -OCH3 is 1. The minimum atomic E-state index is -0.402. The molecule has 0 spiro atoms. The molecule has 0 aliphatic carbocycles. The third kappa shape index (κ3) is 8.09. The molecule has 0 bridgehead atoms. The van der Waals surface area contributed by atoms with E-state index in [9.17, 15) is 9.59 Å². The number of nitrogens with zero attached hydrogens (tertiary/aromatic N) is 3. The number of hydrogen-bond donors (Lipinski definition) is 2. The standard InChI is InChI=1S/C26H34N4O4/c1-26(2,3)30(25(33)34-4)19-22-11-13-23(14-12-22)28-24(32)29(15-5-6-16-31)18-21-9-7-20(17-27)8-10-21/h7-14,31H,5-6,15-16,18-19H2,1-4H3,(H,28,32). The average Bonchev–Trinajstić information content (AvgIpc) is 2.82. The van der Waals surface area contributed by atoms with Gasteiger partial charge in [0, 0.05) is 37.5 Å². The summed E-state index contributed by atoms with van der Waals surface area (Å²) in [6.07, 6.45) is 0.886. The zero-order valence-corrected chi connectivity index (χ0v) is 20.4. The maximum absolute atomic E-state index is 13.0. The fourth-order valence-corrected chi connectivity index (χ4v) is 3.34. The van der Waals surface area contributed by atoms with Gasteiger partial charge in [-0.05, 0) is 69.0 Å². The van der Waals surface area contributed by atoms with Crippen LogP contribution in [0.25, 0.3) is 0 Å². The van der Waals surface area contributed by atoms with Crippen LogP contribution in [0, 0.1) is 11.3 Å². The highest BCUT2D eigenvalue weighted by molar-refractivity contribution is 5.89. The molecule has 2 N–H and O–H groups in total. The Bertz CT molecular complexity index is 976. The first-order chi connectivity index (χ1) is 16.2. The molecule has 0 aliphatic rings. The second kappa shape index (κ2) is 12.6. The van der Waals surface area contributed by atoms with E-state index in [1.54, 1.807) is 34.1 Å². The number of benzene rings is 2. The number of carbonyl (C=O) groups excluding carboxylic acids is 2. The van der Waals surface area contributed by atoms with Gasteiger partial charge in [0.2, 0.25) is 0 Å². The molecule has 2 aromatic carbocycles. The molecular formula is C26H34N4O4. The molecule has 0 aliphatic heterocycles. The fraction of sp³-hybridized carbons (Fsp3) is 0.423. The minimum absolute atomic E-state index is 0.0744. The van der Waals surface area contributed by atoms with Crippen molar-refractivity contribution in [3.63, 3.8) is 0 Å². The van der Waals surface area contributed by atoms with E-state index in [1.165, 1.54) is 7.11 Å². The van der Waals surface area contributed by atoms with Crippen LogP contribution in [0.4, 0.5) is 15.3 Å². The van der Waals surface area contributed by atoms with Crippen LogP contribution in [0.15, 0.2) is 48.5 Å². The number of rotatable bonds is 9. The molecule has 0 fully saturated rings. The molecule has 0 saturated carbocycles. The number of aliphatic hydroxyl groups is 1. The molecule has 0 atom stereocenters. The van der Waals surface area contributed by atoms with E-state index in [0.29, 0.717) is 43.7 Å². The predicted octanol–water partition coefficient (Wildman–Crippen LogP) is 4.73. The van der Waals surface area contributed by atoms with Crippen LogP contribution in [0.5, 0.6) is 0 Å². The summed E-state index contributed by atoms with van der Waals surface area (Å²) in [5, 5.41) is 21.0. The number of urea groups is 1. The monoisotopic (exact) mass is 466 g/mol. The van der Waals surface area contributed by atoms with Crippen molar-refractivity contribution < 1.29 is 19.4 Å². The molecule has 2 aromatic rings. The molecule has 3 amide bonds. The normalized spacial score (nSPS) is 10.8. The number of amides is 3. The molecule has 182 valence electrons. The molecule has 8 nitrogen and oxygen atoms in total. The quantitative estimate of drug-likeness (QED) is 0.520. The third-order valence-electron chi connectivity index (χ3n) is 5.33. The van der Waals surface area contributed by atoms with Gasteiger partial charge in [-0.25, -0.2) is 9.59 Å². The number of nitriles is 1. The number of aliphatic hydroxyl groups excluding tert-OH is 1. The molecular weight excluding hydrogens is 432 g/mol. The summed E-state index contributed by atoms with van der Waals surface area (Å²) in [4.78, 5) is 28.5. The number of carbonyl (C=O) groups is 2. The van der Waals surface area contributed by atoms with Crippen molar-refractivity contribution in [1.29, 1.82) is 5.26 Å². The highest BCUT2D eigenvalue weighted by Gasteiger charge is 2.27. The first kappa shape index (κ1) is 26.7. The first-order valence-corrected chi connectivity index (χ1v) is 11.3. The number of ether oxygens (including phenoxy) is 1. The highest BCUT2D eigenvalue weighted by Crippen LogP contribution is 2.20. The Labute approximate surface area is 201 Å². The van der Waals surface area contributed by atoms with Gasteiger partial charge in [0.25, 0.3) is 0 Å². The van der Waals surface area contributed by atoms with Crippen molar-refractivity contribution in [2.45, 2.75) is 52.2 Å². The second-order valence-corrected chi connectivity index (χ2v) is 9.02. The summed E-state index contributed by atoms with van der Waals surface area (Å²) < 4.78 is 4.91. The van der Waals surface area contributed by atoms with Crippen LogP contribution in [0.1, 0.15) is 50.3 Å². The summed E-state index contributed by atoms with van der Waals surface area (Å²) >= 11 is 0. The Morgan fingerprint density at radius 3 is 2.12 bits per heavy atom. The maximum atomic E-state index is 13.0. The van der Waals surface area contributed by atoms with Gasteiger partial charge in [0.05, 0.1) is 18.7 Å². The number of nitrogens with one attached hydrogen (secondary N) is 1. The van der Waals surface area contributed by atoms with E-state index in [2.05, 4.69) is 11.4 Å². The lowest BCUT2D eigenvalue weighted by Gasteiger charge is -2.34. The molecule has 34 heavy (non-hydrogen) atoms. The molecule has 8 heteroatoms. The van der Waals surface area contributed by atoms with Crippen LogP contribution >= 0.6 is 0 Å². The average molecular weight is 467 g/mol. The largest absolute Gasteiger partial charge is 0.453 e. The van der Waals surface area contributed by atoms with E-state index in [4.69, 9.17) is 15.1 Å². The number of unbranched alkanes of at least 4 members (excludes halogenated alkanes) is 1. The van der Waals surface area contributed by atoms with Gasteiger partial charge in [-0.3, -0.25) is 4.90 Å². The smallest absolute Gasteiger partial charge is 0.410 e. The van der Waals surface area contributed by atoms with E-state index < -0.39 is 11.6 Å². The first-order valence-electron chi connectivity index (χ1n) is 11.3. The molecule has 0 aromatic heterocycles. The van der Waals surface area contributed by atoms with E-state index in [0.717, 1.165) is 11.1 Å². The highest BCUT2D eigenvalue weighted by atomic mass is 16.5. The van der Waals surface area contributed by atoms with E-state index in [1.807, 2.05) is 45.0 Å². The Morgan fingerprint density at radius 2 is 1.59 bits per heavy atom. The molecule has 0 unspecified atom stereocenters. The van der Waals surface area contributed by atoms with Crippen LogP contribution in [0.3, 0.4) is 0 Å². The Hall–Kier alpha value is -3.57. The zero-order valence-electron chi connectivity index (χ0n) is 20.4. The molecule has 0 saturated heterocycles. The number of hydrogen-bond acceptors (Lipinski definition) is 5. The summed E-state index contributed by atoms with van der Waals surface area (Å²) in [5.74, 6) is 0. The Morgan fingerprint density at radius 1 is 1.00 bits per heavy atom. The third-order valence-corrected chi connectivity index (χ3v) is 5.33. The SMILES string of the molecule is COC(=O)N(Cc1ccc(NC(=O)N(CCCCO)Cc2ccc(C#N)cc2)cc1)C(C)(C)C. The Balaban J connectivity index is 2.08. The fourth-order valence-electron chi connectivity index (χ4n) is 3.34. The lowest BCUT2D eigenvalue weighted by molar-refractivity contribution is 0.0793. The lowest BCUT2D eigenvalue weighted by Crippen LogP contribution is -2.44. The van der Waals surface area contributed by atoms with Gasteiger partial charge >= 0.3 is 12.1 Å². The van der Waals surface area contributed by atoms with Gasteiger partial charge in [-0.1, -0.05) is 24.3 Å². The van der Waals surface area contributed by atoms with Crippen LogP contribution in [-0.2, 0) is 17.8 Å². The van der Waals surface area contributed by atoms with Gasteiger partial charge in [-0.2, -0.15) is 5.26 Å². The summed E-state index contributed by atoms with van der Waals surface area (Å²) in [6.45, 7) is 7.17.